The number of nitrogens with one attached hydrogen (secondary N) is 1. The molecule has 0 spiro atoms. The zero-order valence-corrected chi connectivity index (χ0v) is 13.9. The number of carbonyl (C=O) groups is 1. The number of hydrogen-bond donors (Lipinski definition) is 1. The predicted octanol–water partition coefficient (Wildman–Crippen LogP) is 4.30. The number of aromatic nitrogens is 1. The summed E-state index contributed by atoms with van der Waals surface area (Å²) in [7, 11) is 0. The summed E-state index contributed by atoms with van der Waals surface area (Å²) in [6.07, 6.45) is 1.96. The number of nitrogens with zero attached hydrogens (tertiary/aromatic N) is 1. The van der Waals surface area contributed by atoms with E-state index in [4.69, 9.17) is 4.42 Å². The van der Waals surface area contributed by atoms with Crippen LogP contribution in [0.15, 0.2) is 22.8 Å². The van der Waals surface area contributed by atoms with Crippen molar-refractivity contribution >= 4 is 33.3 Å². The normalized spacial score (nSPS) is 11.1. The molecule has 5 heteroatoms. The van der Waals surface area contributed by atoms with E-state index in [0.29, 0.717) is 5.13 Å². The Morgan fingerprint density at radius 2 is 2.05 bits per heavy atom. The van der Waals surface area contributed by atoms with E-state index in [2.05, 4.69) is 23.3 Å². The SMILES string of the molecule is Cc1ccc2c(CC(=O)Nc3nc(C)c(C)s3)coc2c1C. The second-order valence-corrected chi connectivity index (χ2v) is 6.73. The molecular formula is C17H18N2O2S. The quantitative estimate of drug-likeness (QED) is 0.784. The Bertz CT molecular complexity index is 842. The molecule has 1 N–H and O–H groups in total. The molecule has 0 saturated carbocycles. The van der Waals surface area contributed by atoms with E-state index >= 15 is 0 Å². The molecule has 0 saturated heterocycles. The lowest BCUT2D eigenvalue weighted by atomic mass is 10.0. The van der Waals surface area contributed by atoms with Gasteiger partial charge in [-0.3, -0.25) is 4.79 Å². The fourth-order valence-electron chi connectivity index (χ4n) is 2.39. The predicted molar refractivity (Wildman–Crippen MR) is 89.6 cm³/mol. The number of anilines is 1. The van der Waals surface area contributed by atoms with E-state index in [0.717, 1.165) is 32.7 Å². The summed E-state index contributed by atoms with van der Waals surface area (Å²) in [5, 5.41) is 4.52. The minimum atomic E-state index is -0.0744. The van der Waals surface area contributed by atoms with Crippen molar-refractivity contribution < 1.29 is 9.21 Å². The van der Waals surface area contributed by atoms with Crippen molar-refractivity contribution in [2.45, 2.75) is 34.1 Å². The first-order chi connectivity index (χ1) is 10.5. The largest absolute Gasteiger partial charge is 0.464 e. The van der Waals surface area contributed by atoms with Gasteiger partial charge in [0, 0.05) is 15.8 Å². The van der Waals surface area contributed by atoms with Gasteiger partial charge in [-0.1, -0.05) is 12.1 Å². The number of aryl methyl sites for hydroxylation is 4. The number of thiazole rings is 1. The van der Waals surface area contributed by atoms with Crippen molar-refractivity contribution in [3.8, 4) is 0 Å². The van der Waals surface area contributed by atoms with Crippen LogP contribution in [-0.2, 0) is 11.2 Å². The van der Waals surface area contributed by atoms with Gasteiger partial charge in [0.2, 0.25) is 5.91 Å². The summed E-state index contributed by atoms with van der Waals surface area (Å²) < 4.78 is 5.64. The number of furan rings is 1. The van der Waals surface area contributed by atoms with Crippen LogP contribution in [0.25, 0.3) is 11.0 Å². The third-order valence-electron chi connectivity index (χ3n) is 3.97. The molecule has 22 heavy (non-hydrogen) atoms. The molecule has 0 aliphatic rings. The first kappa shape index (κ1) is 14.8. The van der Waals surface area contributed by atoms with E-state index in [1.165, 1.54) is 16.9 Å². The van der Waals surface area contributed by atoms with Gasteiger partial charge in [-0.15, -0.1) is 11.3 Å². The molecule has 1 amide bonds. The Hall–Kier alpha value is -2.14. The van der Waals surface area contributed by atoms with Crippen LogP contribution < -0.4 is 5.32 Å². The number of benzene rings is 1. The zero-order chi connectivity index (χ0) is 15.9. The van der Waals surface area contributed by atoms with E-state index in [1.54, 1.807) is 6.26 Å². The molecule has 0 fully saturated rings. The lowest BCUT2D eigenvalue weighted by Crippen LogP contribution is -2.14. The number of hydrogen-bond acceptors (Lipinski definition) is 4. The first-order valence-corrected chi connectivity index (χ1v) is 7.97. The summed E-state index contributed by atoms with van der Waals surface area (Å²) in [4.78, 5) is 17.7. The van der Waals surface area contributed by atoms with E-state index in [-0.39, 0.29) is 12.3 Å². The molecule has 114 valence electrons. The van der Waals surface area contributed by atoms with Crippen molar-refractivity contribution in [1.29, 1.82) is 0 Å². The molecule has 2 aromatic heterocycles. The van der Waals surface area contributed by atoms with Crippen LogP contribution in [0.4, 0.5) is 5.13 Å². The molecule has 4 nitrogen and oxygen atoms in total. The van der Waals surface area contributed by atoms with Crippen LogP contribution in [0, 0.1) is 27.7 Å². The Morgan fingerprint density at radius 1 is 1.27 bits per heavy atom. The van der Waals surface area contributed by atoms with Crippen molar-refractivity contribution in [1.82, 2.24) is 4.98 Å². The monoisotopic (exact) mass is 314 g/mol. The van der Waals surface area contributed by atoms with Crippen LogP contribution in [0.5, 0.6) is 0 Å². The first-order valence-electron chi connectivity index (χ1n) is 7.16. The van der Waals surface area contributed by atoms with Gasteiger partial charge in [0.1, 0.15) is 5.58 Å². The smallest absolute Gasteiger partial charge is 0.230 e. The summed E-state index contributed by atoms with van der Waals surface area (Å²) in [5.41, 5.74) is 5.03. The van der Waals surface area contributed by atoms with Crippen LogP contribution >= 0.6 is 11.3 Å². The van der Waals surface area contributed by atoms with Gasteiger partial charge >= 0.3 is 0 Å². The van der Waals surface area contributed by atoms with Crippen LogP contribution in [0.1, 0.15) is 27.3 Å². The minimum Gasteiger partial charge on any atom is -0.464 e. The fraction of sp³-hybridized carbons (Fsp3) is 0.294. The highest BCUT2D eigenvalue weighted by molar-refractivity contribution is 7.15. The van der Waals surface area contributed by atoms with E-state index < -0.39 is 0 Å². The van der Waals surface area contributed by atoms with Gasteiger partial charge in [0.25, 0.3) is 0 Å². The van der Waals surface area contributed by atoms with Crippen LogP contribution in [0.2, 0.25) is 0 Å². The molecule has 0 atom stereocenters. The highest BCUT2D eigenvalue weighted by Crippen LogP contribution is 2.27. The van der Waals surface area contributed by atoms with Crippen molar-refractivity contribution in [2.24, 2.45) is 0 Å². The minimum absolute atomic E-state index is 0.0744. The Kier molecular flexibility index (Phi) is 3.74. The van der Waals surface area contributed by atoms with Crippen molar-refractivity contribution in [3.05, 3.63) is 45.7 Å². The second-order valence-electron chi connectivity index (χ2n) is 5.53. The highest BCUT2D eigenvalue weighted by Gasteiger charge is 2.14. The van der Waals surface area contributed by atoms with Gasteiger partial charge in [-0.25, -0.2) is 4.98 Å². The van der Waals surface area contributed by atoms with Gasteiger partial charge in [-0.2, -0.15) is 0 Å². The van der Waals surface area contributed by atoms with Crippen LogP contribution in [0.3, 0.4) is 0 Å². The molecule has 2 heterocycles. The summed E-state index contributed by atoms with van der Waals surface area (Å²) in [6, 6.07) is 4.07. The lowest BCUT2D eigenvalue weighted by Gasteiger charge is -2.02. The molecule has 0 radical (unpaired) electrons. The van der Waals surface area contributed by atoms with Crippen LogP contribution in [-0.4, -0.2) is 10.9 Å². The average Bonchev–Trinajstić information content (AvgIpc) is 2.99. The topological polar surface area (TPSA) is 55.1 Å². The van der Waals surface area contributed by atoms with Gasteiger partial charge in [-0.05, 0) is 38.8 Å². The zero-order valence-electron chi connectivity index (χ0n) is 13.1. The average molecular weight is 314 g/mol. The molecule has 0 aliphatic heterocycles. The van der Waals surface area contributed by atoms with E-state index in [1.807, 2.05) is 26.8 Å². The number of rotatable bonds is 3. The van der Waals surface area contributed by atoms with Crippen molar-refractivity contribution in [2.75, 3.05) is 5.32 Å². The van der Waals surface area contributed by atoms with E-state index in [9.17, 15) is 4.79 Å². The number of fused-ring (bicyclic) bond motifs is 1. The molecule has 0 unspecified atom stereocenters. The fourth-order valence-corrected chi connectivity index (χ4v) is 3.22. The maximum Gasteiger partial charge on any atom is 0.230 e. The standard InChI is InChI=1S/C17H18N2O2S/c1-9-5-6-14-13(8-21-16(14)10(9)2)7-15(20)19-17-18-11(3)12(4)22-17/h5-6,8H,7H2,1-4H3,(H,18,19,20). The van der Waals surface area contributed by atoms with Crippen molar-refractivity contribution in [3.63, 3.8) is 0 Å². The molecule has 0 aliphatic carbocycles. The van der Waals surface area contributed by atoms with Gasteiger partial charge < -0.3 is 9.73 Å². The maximum absolute atomic E-state index is 12.2. The summed E-state index contributed by atoms with van der Waals surface area (Å²) in [6.45, 7) is 8.02. The number of amides is 1. The Balaban J connectivity index is 1.81. The number of carbonyl (C=O) groups excluding carboxylic acids is 1. The third kappa shape index (κ3) is 2.64. The molecule has 0 bridgehead atoms. The second kappa shape index (κ2) is 5.57. The Morgan fingerprint density at radius 3 is 2.73 bits per heavy atom. The molecule has 1 aromatic carbocycles. The maximum atomic E-state index is 12.2. The Labute approximate surface area is 133 Å². The molecular weight excluding hydrogens is 296 g/mol. The molecule has 3 rings (SSSR count). The van der Waals surface area contributed by atoms with Gasteiger partial charge in [0.05, 0.1) is 18.4 Å². The molecule has 3 aromatic rings. The highest BCUT2D eigenvalue weighted by atomic mass is 32.1. The summed E-state index contributed by atoms with van der Waals surface area (Å²) >= 11 is 1.50. The lowest BCUT2D eigenvalue weighted by molar-refractivity contribution is -0.115. The third-order valence-corrected chi connectivity index (χ3v) is 4.96. The summed E-state index contributed by atoms with van der Waals surface area (Å²) in [5.74, 6) is -0.0744. The van der Waals surface area contributed by atoms with Gasteiger partial charge in [0.15, 0.2) is 5.13 Å².